The van der Waals surface area contributed by atoms with Crippen LogP contribution in [0.2, 0.25) is 0 Å². The number of hydrogen-bond donors (Lipinski definition) is 5. The Hall–Kier alpha value is -1.85. The minimum Gasteiger partial charge on any atom is -0.508 e. The molecule has 0 heterocycles. The molecule has 2 aromatic carbocycles. The van der Waals surface area contributed by atoms with Crippen molar-refractivity contribution in [3.05, 3.63) is 59.7 Å². The van der Waals surface area contributed by atoms with Crippen LogP contribution in [0.1, 0.15) is 25.0 Å². The van der Waals surface area contributed by atoms with E-state index in [4.69, 9.17) is 19.2 Å². The molecule has 2 rings (SSSR count). The van der Waals surface area contributed by atoms with Crippen molar-refractivity contribution in [3.63, 3.8) is 0 Å². The van der Waals surface area contributed by atoms with Gasteiger partial charge >= 0.3 is 7.82 Å². The maximum atomic E-state index is 9.30. The summed E-state index contributed by atoms with van der Waals surface area (Å²) in [5, 5.41) is 18.6. The van der Waals surface area contributed by atoms with E-state index in [-0.39, 0.29) is 16.9 Å². The van der Waals surface area contributed by atoms with Gasteiger partial charge in [0.1, 0.15) is 11.5 Å². The smallest absolute Gasteiger partial charge is 0.466 e. The van der Waals surface area contributed by atoms with E-state index in [0.29, 0.717) is 0 Å². The molecule has 0 bridgehead atoms. The van der Waals surface area contributed by atoms with Crippen LogP contribution in [0.4, 0.5) is 0 Å². The van der Waals surface area contributed by atoms with Crippen LogP contribution in [0, 0.1) is 0 Å². The first kappa shape index (κ1) is 18.2. The number of hydrogen-bond acceptors (Lipinski definition) is 3. The molecule has 0 aliphatic heterocycles. The first-order valence-electron chi connectivity index (χ1n) is 6.37. The molecule has 0 aromatic heterocycles. The molecule has 0 atom stereocenters. The van der Waals surface area contributed by atoms with Crippen LogP contribution >= 0.6 is 7.82 Å². The number of phosphoric acid groups is 1. The number of rotatable bonds is 2. The van der Waals surface area contributed by atoms with Gasteiger partial charge in [0, 0.05) is 5.41 Å². The van der Waals surface area contributed by atoms with Gasteiger partial charge < -0.3 is 24.9 Å². The summed E-state index contributed by atoms with van der Waals surface area (Å²) < 4.78 is 8.88. The first-order valence-corrected chi connectivity index (χ1v) is 7.94. The van der Waals surface area contributed by atoms with Crippen molar-refractivity contribution in [2.45, 2.75) is 19.3 Å². The number of benzene rings is 2. The molecule has 0 fully saturated rings. The first-order chi connectivity index (χ1) is 10.00. The zero-order chi connectivity index (χ0) is 17.0. The van der Waals surface area contributed by atoms with Crippen LogP contribution in [0.25, 0.3) is 0 Å². The third kappa shape index (κ3) is 5.87. The molecule has 0 saturated carbocycles. The van der Waals surface area contributed by atoms with Crippen molar-refractivity contribution >= 4 is 7.82 Å². The second kappa shape index (κ2) is 6.94. The van der Waals surface area contributed by atoms with Gasteiger partial charge in [-0.2, -0.15) is 0 Å². The Bertz CT molecular complexity index is 587. The average Bonchev–Trinajstić information content (AvgIpc) is 2.38. The minimum absolute atomic E-state index is 0.151. The molecule has 120 valence electrons. The van der Waals surface area contributed by atoms with Crippen molar-refractivity contribution in [2.75, 3.05) is 0 Å². The average molecular weight is 326 g/mol. The molecular weight excluding hydrogens is 307 g/mol. The summed E-state index contributed by atoms with van der Waals surface area (Å²) >= 11 is 0. The molecular formula is C15H19O6P. The quantitative estimate of drug-likeness (QED) is 0.541. The normalized spacial score (nSPS) is 11.5. The predicted molar refractivity (Wildman–Crippen MR) is 82.6 cm³/mol. The lowest BCUT2D eigenvalue weighted by atomic mass is 9.78. The van der Waals surface area contributed by atoms with Crippen LogP contribution in [0.3, 0.4) is 0 Å². The largest absolute Gasteiger partial charge is 0.508 e. The molecule has 6 nitrogen and oxygen atoms in total. The zero-order valence-electron chi connectivity index (χ0n) is 12.2. The summed E-state index contributed by atoms with van der Waals surface area (Å²) in [5.41, 5.74) is 2.10. The highest BCUT2D eigenvalue weighted by Crippen LogP contribution is 2.32. The highest BCUT2D eigenvalue weighted by Gasteiger charge is 2.22. The molecule has 22 heavy (non-hydrogen) atoms. The fourth-order valence-electron chi connectivity index (χ4n) is 1.92. The van der Waals surface area contributed by atoms with Gasteiger partial charge in [-0.3, -0.25) is 0 Å². The van der Waals surface area contributed by atoms with Gasteiger partial charge in [0.25, 0.3) is 0 Å². The summed E-state index contributed by atoms with van der Waals surface area (Å²) in [5.74, 6) is 0.547. The fourth-order valence-corrected chi connectivity index (χ4v) is 1.92. The fraction of sp³-hybridized carbons (Fsp3) is 0.200. The van der Waals surface area contributed by atoms with Crippen LogP contribution in [0.15, 0.2) is 48.5 Å². The van der Waals surface area contributed by atoms with Gasteiger partial charge in [-0.15, -0.1) is 0 Å². The Labute approximate surface area is 128 Å². The number of phenols is 2. The van der Waals surface area contributed by atoms with E-state index in [1.165, 1.54) is 0 Å². The molecule has 0 saturated heterocycles. The van der Waals surface area contributed by atoms with E-state index in [1.807, 2.05) is 24.3 Å². The molecule has 0 aliphatic rings. The number of aromatic hydroxyl groups is 2. The lowest BCUT2D eigenvalue weighted by Crippen LogP contribution is -2.18. The second-order valence-corrected chi connectivity index (χ2v) is 6.26. The van der Waals surface area contributed by atoms with Crippen LogP contribution in [-0.4, -0.2) is 24.9 Å². The Morgan fingerprint density at radius 3 is 1.18 bits per heavy atom. The minimum atomic E-state index is -4.64. The molecule has 5 N–H and O–H groups in total. The number of phenolic OH excluding ortho intramolecular Hbond substituents is 2. The van der Waals surface area contributed by atoms with Crippen molar-refractivity contribution in [2.24, 2.45) is 0 Å². The van der Waals surface area contributed by atoms with Crippen LogP contribution in [-0.2, 0) is 9.98 Å². The van der Waals surface area contributed by atoms with E-state index in [9.17, 15) is 10.2 Å². The molecule has 0 amide bonds. The van der Waals surface area contributed by atoms with E-state index >= 15 is 0 Å². The highest BCUT2D eigenvalue weighted by molar-refractivity contribution is 7.45. The monoisotopic (exact) mass is 326 g/mol. The van der Waals surface area contributed by atoms with Gasteiger partial charge in [-0.25, -0.2) is 4.57 Å². The Balaban J connectivity index is 0.000000422. The lowest BCUT2D eigenvalue weighted by molar-refractivity contribution is 0.275. The van der Waals surface area contributed by atoms with E-state index < -0.39 is 7.82 Å². The van der Waals surface area contributed by atoms with Gasteiger partial charge in [-0.1, -0.05) is 38.1 Å². The lowest BCUT2D eigenvalue weighted by Gasteiger charge is -2.26. The molecule has 0 unspecified atom stereocenters. The topological polar surface area (TPSA) is 118 Å². The van der Waals surface area contributed by atoms with Gasteiger partial charge in [0.2, 0.25) is 0 Å². The Morgan fingerprint density at radius 2 is 0.955 bits per heavy atom. The summed E-state index contributed by atoms with van der Waals surface area (Å²) in [7, 11) is -4.64. The highest BCUT2D eigenvalue weighted by atomic mass is 31.2. The van der Waals surface area contributed by atoms with E-state index in [1.54, 1.807) is 24.3 Å². The Morgan fingerprint density at radius 1 is 0.727 bits per heavy atom. The standard InChI is InChI=1S/C15H16O2.H3O4P/c1-15(2,11-3-7-13(16)8-4-11)12-5-9-14(17)10-6-12;1-5(2,3)4/h3-10,16-17H,1-2H3;(H3,1,2,3,4). The van der Waals surface area contributed by atoms with Gasteiger partial charge in [-0.05, 0) is 35.4 Å². The predicted octanol–water partition coefficient (Wildman–Crippen LogP) is 2.50. The van der Waals surface area contributed by atoms with Gasteiger partial charge in [0.05, 0.1) is 0 Å². The van der Waals surface area contributed by atoms with Gasteiger partial charge in [0.15, 0.2) is 0 Å². The maximum absolute atomic E-state index is 9.30. The van der Waals surface area contributed by atoms with Crippen LogP contribution in [0.5, 0.6) is 11.5 Å². The molecule has 0 spiro atoms. The van der Waals surface area contributed by atoms with E-state index in [0.717, 1.165) is 11.1 Å². The Kier molecular flexibility index (Phi) is 5.74. The van der Waals surface area contributed by atoms with Crippen molar-refractivity contribution < 1.29 is 29.5 Å². The summed E-state index contributed by atoms with van der Waals surface area (Å²) in [6.45, 7) is 4.23. The third-order valence-corrected chi connectivity index (χ3v) is 3.18. The maximum Gasteiger partial charge on any atom is 0.466 e. The SMILES string of the molecule is CC(C)(c1ccc(O)cc1)c1ccc(O)cc1.O=P(O)(O)O. The van der Waals surface area contributed by atoms with Crippen molar-refractivity contribution in [1.82, 2.24) is 0 Å². The van der Waals surface area contributed by atoms with E-state index in [2.05, 4.69) is 13.8 Å². The molecule has 0 radical (unpaired) electrons. The van der Waals surface area contributed by atoms with Crippen molar-refractivity contribution in [1.29, 1.82) is 0 Å². The summed E-state index contributed by atoms with van der Waals surface area (Å²) in [6.07, 6.45) is 0. The molecule has 0 aliphatic carbocycles. The van der Waals surface area contributed by atoms with Crippen LogP contribution < -0.4 is 0 Å². The summed E-state index contributed by atoms with van der Waals surface area (Å²) in [4.78, 5) is 21.6. The second-order valence-electron chi connectivity index (χ2n) is 5.23. The molecule has 7 heteroatoms. The zero-order valence-corrected chi connectivity index (χ0v) is 13.1. The van der Waals surface area contributed by atoms with Crippen molar-refractivity contribution in [3.8, 4) is 11.5 Å². The summed E-state index contributed by atoms with van der Waals surface area (Å²) in [6, 6.07) is 14.4. The molecule has 2 aromatic rings. The third-order valence-electron chi connectivity index (χ3n) is 3.18.